The van der Waals surface area contributed by atoms with Crippen LogP contribution in [0.25, 0.3) is 0 Å². The van der Waals surface area contributed by atoms with E-state index in [1.807, 2.05) is 12.1 Å². The topological polar surface area (TPSA) is 46.2 Å². The fraction of sp³-hybridized carbons (Fsp3) is 0.600. The molecule has 1 aromatic rings. The molecular weight excluding hydrogens is 258 g/mol. The first-order valence-corrected chi connectivity index (χ1v) is 8.80. The summed E-state index contributed by atoms with van der Waals surface area (Å²) < 4.78 is 23.3. The molecule has 19 heavy (non-hydrogen) atoms. The highest BCUT2D eigenvalue weighted by Crippen LogP contribution is 2.22. The Labute approximate surface area is 117 Å². The number of rotatable bonds is 7. The maximum absolute atomic E-state index is 11.7. The number of benzene rings is 1. The highest BCUT2D eigenvalue weighted by molar-refractivity contribution is 7.91. The summed E-state index contributed by atoms with van der Waals surface area (Å²) in [5.41, 5.74) is 2.34. The average molecular weight is 283 g/mol. The third-order valence-corrected chi connectivity index (χ3v) is 5.24. The maximum Gasteiger partial charge on any atom is 0.151 e. The fourth-order valence-corrected chi connectivity index (χ4v) is 2.98. The van der Waals surface area contributed by atoms with Crippen molar-refractivity contribution < 1.29 is 8.42 Å². The zero-order chi connectivity index (χ0) is 14.5. The van der Waals surface area contributed by atoms with Gasteiger partial charge in [-0.15, -0.1) is 0 Å². The van der Waals surface area contributed by atoms with E-state index in [9.17, 15) is 8.42 Å². The lowest BCUT2D eigenvalue weighted by Gasteiger charge is -2.22. The minimum Gasteiger partial charge on any atom is -0.312 e. The molecule has 0 aromatic heterocycles. The van der Waals surface area contributed by atoms with E-state index in [-0.39, 0.29) is 6.04 Å². The van der Waals surface area contributed by atoms with E-state index in [2.05, 4.69) is 24.4 Å². The molecule has 0 bridgehead atoms. The molecule has 3 nitrogen and oxygen atoms in total. The SMILES string of the molecule is CCCCc1ccc(C(NC)C(C)S(C)(=O)=O)cc1. The molecule has 108 valence electrons. The molecule has 0 aliphatic rings. The van der Waals surface area contributed by atoms with Crippen LogP contribution < -0.4 is 5.32 Å². The van der Waals surface area contributed by atoms with Crippen LogP contribution >= 0.6 is 0 Å². The standard InChI is InChI=1S/C15H25NO2S/c1-5-6-7-13-8-10-14(11-9-13)15(16-3)12(2)19(4,17)18/h8-12,15-16H,5-7H2,1-4H3. The highest BCUT2D eigenvalue weighted by atomic mass is 32.2. The van der Waals surface area contributed by atoms with Crippen LogP contribution in [0.2, 0.25) is 0 Å². The largest absolute Gasteiger partial charge is 0.312 e. The van der Waals surface area contributed by atoms with E-state index in [0.29, 0.717) is 0 Å². The third-order valence-electron chi connectivity index (χ3n) is 3.61. The molecule has 0 aliphatic carbocycles. The molecular formula is C15H25NO2S. The number of hydrogen-bond donors (Lipinski definition) is 1. The molecule has 1 aromatic carbocycles. The highest BCUT2D eigenvalue weighted by Gasteiger charge is 2.25. The predicted octanol–water partition coefficient (Wildman–Crippen LogP) is 2.72. The minimum absolute atomic E-state index is 0.157. The smallest absolute Gasteiger partial charge is 0.151 e. The van der Waals surface area contributed by atoms with Crippen molar-refractivity contribution >= 4 is 9.84 Å². The van der Waals surface area contributed by atoms with Crippen molar-refractivity contribution in [2.75, 3.05) is 13.3 Å². The van der Waals surface area contributed by atoms with Crippen molar-refractivity contribution in [2.24, 2.45) is 0 Å². The molecule has 0 spiro atoms. The number of nitrogens with one attached hydrogen (secondary N) is 1. The van der Waals surface area contributed by atoms with E-state index in [4.69, 9.17) is 0 Å². The second kappa shape index (κ2) is 7.06. The van der Waals surface area contributed by atoms with Crippen LogP contribution in [0, 0.1) is 0 Å². The van der Waals surface area contributed by atoms with Crippen LogP contribution in [0.15, 0.2) is 24.3 Å². The van der Waals surface area contributed by atoms with Crippen LogP contribution in [-0.4, -0.2) is 27.0 Å². The molecule has 4 heteroatoms. The second-order valence-corrected chi connectivity index (χ2v) is 7.55. The van der Waals surface area contributed by atoms with E-state index in [1.54, 1.807) is 14.0 Å². The van der Waals surface area contributed by atoms with Gasteiger partial charge in [-0.2, -0.15) is 0 Å². The van der Waals surface area contributed by atoms with Crippen LogP contribution in [0.4, 0.5) is 0 Å². The quantitative estimate of drug-likeness (QED) is 0.837. The van der Waals surface area contributed by atoms with Gasteiger partial charge in [0.15, 0.2) is 9.84 Å². The molecule has 0 heterocycles. The molecule has 0 saturated heterocycles. The van der Waals surface area contributed by atoms with E-state index in [1.165, 1.54) is 24.7 Å². The molecule has 0 amide bonds. The van der Waals surface area contributed by atoms with Gasteiger partial charge < -0.3 is 5.32 Å². The Bertz CT molecular complexity index is 479. The lowest BCUT2D eigenvalue weighted by atomic mass is 10.0. The summed E-state index contributed by atoms with van der Waals surface area (Å²) in [4.78, 5) is 0. The van der Waals surface area contributed by atoms with Crippen LogP contribution in [0.5, 0.6) is 0 Å². The van der Waals surface area contributed by atoms with Crippen molar-refractivity contribution in [2.45, 2.75) is 44.4 Å². The first kappa shape index (κ1) is 16.2. The molecule has 0 saturated carbocycles. The van der Waals surface area contributed by atoms with E-state index < -0.39 is 15.1 Å². The normalized spacial score (nSPS) is 15.2. The van der Waals surface area contributed by atoms with Crippen molar-refractivity contribution in [1.29, 1.82) is 0 Å². The Morgan fingerprint density at radius 3 is 2.21 bits per heavy atom. The predicted molar refractivity (Wildman–Crippen MR) is 81.2 cm³/mol. The molecule has 2 unspecified atom stereocenters. The first-order valence-electron chi connectivity index (χ1n) is 6.85. The van der Waals surface area contributed by atoms with Gasteiger partial charge in [0.05, 0.1) is 5.25 Å². The fourth-order valence-electron chi connectivity index (χ4n) is 2.19. The maximum atomic E-state index is 11.7. The van der Waals surface area contributed by atoms with Crippen molar-refractivity contribution in [3.05, 3.63) is 35.4 Å². The Balaban J connectivity index is 2.88. The molecule has 1 N–H and O–H groups in total. The number of hydrogen-bond acceptors (Lipinski definition) is 3. The molecule has 0 radical (unpaired) electrons. The number of sulfone groups is 1. The summed E-state index contributed by atoms with van der Waals surface area (Å²) in [5, 5.41) is 2.68. The molecule has 1 rings (SSSR count). The Morgan fingerprint density at radius 2 is 1.79 bits per heavy atom. The summed E-state index contributed by atoms with van der Waals surface area (Å²) in [6.45, 7) is 3.93. The minimum atomic E-state index is -3.05. The van der Waals surface area contributed by atoms with Gasteiger partial charge in [-0.1, -0.05) is 37.6 Å². The summed E-state index contributed by atoms with van der Waals surface area (Å²) in [5.74, 6) is 0. The van der Waals surface area contributed by atoms with E-state index >= 15 is 0 Å². The van der Waals surface area contributed by atoms with Gasteiger partial charge in [0.1, 0.15) is 0 Å². The van der Waals surface area contributed by atoms with Crippen molar-refractivity contribution in [1.82, 2.24) is 5.32 Å². The third kappa shape index (κ3) is 4.62. The van der Waals surface area contributed by atoms with E-state index in [0.717, 1.165) is 12.0 Å². The van der Waals surface area contributed by atoms with Crippen LogP contribution in [0.1, 0.15) is 43.9 Å². The second-order valence-electron chi connectivity index (χ2n) is 5.15. The summed E-state index contributed by atoms with van der Waals surface area (Å²) in [6, 6.07) is 8.12. The van der Waals surface area contributed by atoms with Gasteiger partial charge in [-0.3, -0.25) is 0 Å². The zero-order valence-electron chi connectivity index (χ0n) is 12.3. The van der Waals surface area contributed by atoms with Gasteiger partial charge in [0.2, 0.25) is 0 Å². The summed E-state index contributed by atoms with van der Waals surface area (Å²) >= 11 is 0. The van der Waals surface area contributed by atoms with Gasteiger partial charge in [0.25, 0.3) is 0 Å². The number of aryl methyl sites for hydroxylation is 1. The monoisotopic (exact) mass is 283 g/mol. The van der Waals surface area contributed by atoms with Gasteiger partial charge in [-0.25, -0.2) is 8.42 Å². The lowest BCUT2D eigenvalue weighted by Crippen LogP contribution is -2.32. The zero-order valence-corrected chi connectivity index (χ0v) is 13.1. The van der Waals surface area contributed by atoms with Gasteiger partial charge in [0, 0.05) is 12.3 Å². The van der Waals surface area contributed by atoms with Gasteiger partial charge in [-0.05, 0) is 37.9 Å². The van der Waals surface area contributed by atoms with Crippen LogP contribution in [-0.2, 0) is 16.3 Å². The Hall–Kier alpha value is -0.870. The molecule has 0 aliphatic heterocycles. The molecule has 2 atom stereocenters. The average Bonchev–Trinajstić information content (AvgIpc) is 2.37. The van der Waals surface area contributed by atoms with Gasteiger partial charge >= 0.3 is 0 Å². The summed E-state index contributed by atoms with van der Waals surface area (Å²) in [7, 11) is -1.25. The lowest BCUT2D eigenvalue weighted by molar-refractivity contribution is 0.535. The number of unbranched alkanes of at least 4 members (excludes halogenated alkanes) is 1. The first-order chi connectivity index (χ1) is 8.90. The van der Waals surface area contributed by atoms with Crippen molar-refractivity contribution in [3.63, 3.8) is 0 Å². The summed E-state index contributed by atoms with van der Waals surface area (Å²) in [6.07, 6.45) is 4.75. The Morgan fingerprint density at radius 1 is 1.21 bits per heavy atom. The Kier molecular flexibility index (Phi) is 6.01. The molecule has 0 fully saturated rings. The van der Waals surface area contributed by atoms with Crippen LogP contribution in [0.3, 0.4) is 0 Å². The van der Waals surface area contributed by atoms with Crippen molar-refractivity contribution in [3.8, 4) is 0 Å².